The number of hydrogen-bond donors (Lipinski definition) is 0. The first-order valence-electron chi connectivity index (χ1n) is 3.90. The van der Waals surface area contributed by atoms with Gasteiger partial charge in [0.05, 0.1) is 9.82 Å². The van der Waals surface area contributed by atoms with Gasteiger partial charge in [-0.25, -0.2) is 8.42 Å². The van der Waals surface area contributed by atoms with Crippen LogP contribution in [0.15, 0.2) is 29.2 Å². The molecule has 1 aromatic carbocycles. The molecule has 0 spiro atoms. The molecule has 0 amide bonds. The fourth-order valence-electron chi connectivity index (χ4n) is 0.940. The van der Waals surface area contributed by atoms with Crippen LogP contribution in [0.25, 0.3) is 0 Å². The Hall–Kier alpha value is -1.87. The largest absolute Gasteiger partial charge is 0.269 e. The molecular weight excluding hydrogens is 218 g/mol. The van der Waals surface area contributed by atoms with E-state index in [9.17, 15) is 18.5 Å². The quantitative estimate of drug-likeness (QED) is 0.329. The molecule has 1 aromatic rings. The van der Waals surface area contributed by atoms with Crippen molar-refractivity contribution in [3.05, 3.63) is 34.4 Å². The lowest BCUT2D eigenvalue weighted by atomic mass is 10.3. The van der Waals surface area contributed by atoms with Gasteiger partial charge in [-0.05, 0) is 19.1 Å². The minimum absolute atomic E-state index is 0.0394. The van der Waals surface area contributed by atoms with Gasteiger partial charge < -0.3 is 0 Å². The van der Waals surface area contributed by atoms with Gasteiger partial charge in [0.2, 0.25) is 9.84 Å². The van der Waals surface area contributed by atoms with Crippen LogP contribution < -0.4 is 0 Å². The Morgan fingerprint density at radius 2 is 1.80 bits per heavy atom. The molecule has 0 unspecified atom stereocenters. The summed E-state index contributed by atoms with van der Waals surface area (Å²) in [5, 5.41) is 12.4. The van der Waals surface area contributed by atoms with Crippen LogP contribution >= 0.6 is 0 Å². The van der Waals surface area contributed by atoms with Crippen LogP contribution in [0.3, 0.4) is 0 Å². The maximum atomic E-state index is 11.4. The van der Waals surface area contributed by atoms with E-state index >= 15 is 0 Å². The molecule has 0 aliphatic heterocycles. The molecule has 0 saturated heterocycles. The maximum absolute atomic E-state index is 11.4. The van der Waals surface area contributed by atoms with Crippen molar-refractivity contribution in [2.75, 3.05) is 0 Å². The second kappa shape index (κ2) is 4.11. The van der Waals surface area contributed by atoms with Gasteiger partial charge in [0.1, 0.15) is 0 Å². The average molecular weight is 225 g/mol. The molecule has 0 fully saturated rings. The molecule has 0 atom stereocenters. The fourth-order valence-corrected chi connectivity index (χ4v) is 1.82. The first kappa shape index (κ1) is 11.2. The van der Waals surface area contributed by atoms with Crippen molar-refractivity contribution in [2.24, 2.45) is 0 Å². The minimum Gasteiger partial charge on any atom is -0.258 e. The highest BCUT2D eigenvalue weighted by atomic mass is 32.2. The number of hydrogen-bond acceptors (Lipinski definition) is 4. The van der Waals surface area contributed by atoms with Crippen LogP contribution in [-0.4, -0.2) is 13.3 Å². The summed E-state index contributed by atoms with van der Waals surface area (Å²) < 4.78 is 22.7. The summed E-state index contributed by atoms with van der Waals surface area (Å²) in [4.78, 5) is 9.68. The van der Waals surface area contributed by atoms with Gasteiger partial charge in [0.25, 0.3) is 5.69 Å². The molecule has 0 bridgehead atoms. The molecule has 0 N–H and O–H groups in total. The summed E-state index contributed by atoms with van der Waals surface area (Å²) >= 11 is 0. The molecule has 0 radical (unpaired) electrons. The van der Waals surface area contributed by atoms with Gasteiger partial charge in [0, 0.05) is 17.4 Å². The van der Waals surface area contributed by atoms with E-state index in [0.29, 0.717) is 0 Å². The van der Waals surface area contributed by atoms with Crippen LogP contribution in [0.4, 0.5) is 5.69 Å². The minimum atomic E-state index is -3.64. The van der Waals surface area contributed by atoms with E-state index in [4.69, 9.17) is 0 Å². The second-order valence-electron chi connectivity index (χ2n) is 2.61. The lowest BCUT2D eigenvalue weighted by Gasteiger charge is -1.95. The van der Waals surface area contributed by atoms with Crippen molar-refractivity contribution in [3.8, 4) is 11.2 Å². The smallest absolute Gasteiger partial charge is 0.258 e. The zero-order chi connectivity index (χ0) is 11.5. The number of benzene rings is 1. The number of nitro groups is 1. The third-order valence-electron chi connectivity index (χ3n) is 1.59. The first-order chi connectivity index (χ1) is 6.97. The van der Waals surface area contributed by atoms with Crippen molar-refractivity contribution in [2.45, 2.75) is 11.8 Å². The van der Waals surface area contributed by atoms with Crippen LogP contribution in [0.5, 0.6) is 0 Å². The summed E-state index contributed by atoms with van der Waals surface area (Å²) in [6, 6.07) is 4.59. The van der Waals surface area contributed by atoms with Gasteiger partial charge in [-0.15, -0.1) is 0 Å². The number of rotatable bonds is 2. The van der Waals surface area contributed by atoms with Crippen molar-refractivity contribution >= 4 is 15.5 Å². The van der Waals surface area contributed by atoms with Crippen molar-refractivity contribution < 1.29 is 13.3 Å². The average Bonchev–Trinajstić information content (AvgIpc) is 2.18. The first-order valence-corrected chi connectivity index (χ1v) is 5.38. The van der Waals surface area contributed by atoms with E-state index in [1.807, 2.05) is 5.25 Å². The van der Waals surface area contributed by atoms with E-state index in [2.05, 4.69) is 5.92 Å². The number of non-ortho nitro benzene ring substituents is 1. The van der Waals surface area contributed by atoms with Gasteiger partial charge in [0.15, 0.2) is 0 Å². The van der Waals surface area contributed by atoms with E-state index in [0.717, 1.165) is 24.3 Å². The molecule has 78 valence electrons. The van der Waals surface area contributed by atoms with E-state index < -0.39 is 14.8 Å². The molecular formula is C9H7NO4S. The summed E-state index contributed by atoms with van der Waals surface area (Å²) in [5.41, 5.74) is -0.154. The number of sulfone groups is 1. The lowest BCUT2D eigenvalue weighted by molar-refractivity contribution is -0.384. The second-order valence-corrected chi connectivity index (χ2v) is 4.29. The van der Waals surface area contributed by atoms with Crippen molar-refractivity contribution in [1.29, 1.82) is 0 Å². The normalized spacial score (nSPS) is 10.2. The fraction of sp³-hybridized carbons (Fsp3) is 0.111. The Balaban J connectivity index is 3.19. The summed E-state index contributed by atoms with van der Waals surface area (Å²) in [5.74, 6) is 2.27. The van der Waals surface area contributed by atoms with Gasteiger partial charge in [-0.3, -0.25) is 10.1 Å². The van der Waals surface area contributed by atoms with Crippen LogP contribution in [-0.2, 0) is 9.84 Å². The SMILES string of the molecule is CC#CS(=O)(=O)c1ccc([N+](=O)[O-])cc1. The van der Waals surface area contributed by atoms with Gasteiger partial charge in [-0.1, -0.05) is 5.92 Å². The zero-order valence-corrected chi connectivity index (χ0v) is 8.61. The molecule has 15 heavy (non-hydrogen) atoms. The molecule has 0 aromatic heterocycles. The summed E-state index contributed by atoms with van der Waals surface area (Å²) in [6.07, 6.45) is 0. The molecule has 0 aliphatic carbocycles. The highest BCUT2D eigenvalue weighted by Crippen LogP contribution is 2.16. The van der Waals surface area contributed by atoms with E-state index in [1.165, 1.54) is 6.92 Å². The van der Waals surface area contributed by atoms with Crippen LogP contribution in [0, 0.1) is 21.3 Å². The Morgan fingerprint density at radius 3 is 2.20 bits per heavy atom. The standard InChI is InChI=1S/C9H7NO4S/c1-2-7-15(13,14)9-5-3-8(4-6-9)10(11)12/h3-6H,1H3. The Bertz CT molecular complexity index is 534. The Labute approximate surface area is 86.8 Å². The molecule has 5 nitrogen and oxygen atoms in total. The molecule has 0 heterocycles. The zero-order valence-electron chi connectivity index (χ0n) is 7.80. The number of nitrogens with zero attached hydrogens (tertiary/aromatic N) is 1. The topological polar surface area (TPSA) is 77.3 Å². The Morgan fingerprint density at radius 1 is 1.27 bits per heavy atom. The lowest BCUT2D eigenvalue weighted by Crippen LogP contribution is -1.97. The van der Waals surface area contributed by atoms with Crippen LogP contribution in [0.1, 0.15) is 6.92 Å². The van der Waals surface area contributed by atoms with Crippen molar-refractivity contribution in [1.82, 2.24) is 0 Å². The highest BCUT2D eigenvalue weighted by molar-refractivity contribution is 7.96. The predicted octanol–water partition coefficient (Wildman–Crippen LogP) is 1.35. The highest BCUT2D eigenvalue weighted by Gasteiger charge is 2.12. The van der Waals surface area contributed by atoms with Gasteiger partial charge >= 0.3 is 0 Å². The molecule has 1 rings (SSSR count). The monoisotopic (exact) mass is 225 g/mol. The summed E-state index contributed by atoms with van der Waals surface area (Å²) in [7, 11) is -3.64. The molecule has 0 saturated carbocycles. The third-order valence-corrected chi connectivity index (χ3v) is 2.96. The predicted molar refractivity (Wildman–Crippen MR) is 53.7 cm³/mol. The third kappa shape index (κ3) is 2.54. The van der Waals surface area contributed by atoms with Crippen molar-refractivity contribution in [3.63, 3.8) is 0 Å². The van der Waals surface area contributed by atoms with E-state index in [-0.39, 0.29) is 10.6 Å². The van der Waals surface area contributed by atoms with E-state index in [1.54, 1.807) is 0 Å². The van der Waals surface area contributed by atoms with Crippen LogP contribution in [0.2, 0.25) is 0 Å². The number of nitro benzene ring substituents is 1. The summed E-state index contributed by atoms with van der Waals surface area (Å²) in [6.45, 7) is 1.41. The maximum Gasteiger partial charge on any atom is 0.269 e. The molecule has 6 heteroatoms. The Kier molecular flexibility index (Phi) is 3.07. The molecule has 0 aliphatic rings. The van der Waals surface area contributed by atoms with Gasteiger partial charge in [-0.2, -0.15) is 0 Å².